The summed E-state index contributed by atoms with van der Waals surface area (Å²) < 4.78 is 13.3. The van der Waals surface area contributed by atoms with Crippen molar-refractivity contribution in [1.82, 2.24) is 0 Å². The lowest BCUT2D eigenvalue weighted by Gasteiger charge is -2.13. The maximum atomic E-state index is 13.0. The van der Waals surface area contributed by atoms with E-state index in [1.54, 1.807) is 6.07 Å². The lowest BCUT2D eigenvalue weighted by Crippen LogP contribution is -2.12. The van der Waals surface area contributed by atoms with Crippen molar-refractivity contribution in [2.45, 2.75) is 18.9 Å². The summed E-state index contributed by atoms with van der Waals surface area (Å²) in [4.78, 5) is 0. The minimum Gasteiger partial charge on any atom is -0.508 e. The van der Waals surface area contributed by atoms with Gasteiger partial charge in [-0.05, 0) is 40.8 Å². The number of benzene rings is 1. The predicted molar refractivity (Wildman–Crippen MR) is 55.4 cm³/mol. The van der Waals surface area contributed by atoms with E-state index in [2.05, 4.69) is 15.9 Å². The molecule has 0 bridgehead atoms. The van der Waals surface area contributed by atoms with Gasteiger partial charge in [0.25, 0.3) is 0 Å². The zero-order valence-electron chi connectivity index (χ0n) is 7.50. The van der Waals surface area contributed by atoms with Crippen LogP contribution in [0.2, 0.25) is 0 Å². The van der Waals surface area contributed by atoms with Crippen molar-refractivity contribution in [1.29, 1.82) is 0 Å². The molecule has 0 radical (unpaired) electrons. The first-order chi connectivity index (χ1) is 6.59. The quantitative estimate of drug-likeness (QED) is 0.858. The van der Waals surface area contributed by atoms with Crippen LogP contribution in [0.3, 0.4) is 0 Å². The average molecular weight is 260 g/mol. The molecule has 1 aliphatic rings. The van der Waals surface area contributed by atoms with Crippen LogP contribution in [0.4, 0.5) is 4.39 Å². The molecule has 1 aromatic carbocycles. The minimum atomic E-state index is -0.464. The maximum Gasteiger partial charge on any atom is 0.141 e. The lowest BCUT2D eigenvalue weighted by molar-refractivity contribution is 0.449. The van der Waals surface area contributed by atoms with Crippen LogP contribution in [-0.2, 0) is 0 Å². The van der Waals surface area contributed by atoms with Crippen molar-refractivity contribution >= 4 is 15.9 Å². The molecule has 2 nitrogen and oxygen atoms in total. The first-order valence-electron chi connectivity index (χ1n) is 4.53. The summed E-state index contributed by atoms with van der Waals surface area (Å²) in [7, 11) is 0. The van der Waals surface area contributed by atoms with Crippen LogP contribution < -0.4 is 5.73 Å². The van der Waals surface area contributed by atoms with E-state index in [4.69, 9.17) is 5.73 Å². The third-order valence-corrected chi connectivity index (χ3v) is 3.17. The molecule has 1 saturated carbocycles. The molecule has 0 amide bonds. The van der Waals surface area contributed by atoms with Crippen molar-refractivity contribution < 1.29 is 9.50 Å². The van der Waals surface area contributed by atoms with Gasteiger partial charge in [0.1, 0.15) is 11.6 Å². The van der Waals surface area contributed by atoms with Gasteiger partial charge in [0, 0.05) is 17.7 Å². The molecule has 0 saturated heterocycles. The van der Waals surface area contributed by atoms with Gasteiger partial charge in [0.15, 0.2) is 0 Å². The number of phenols is 1. The fourth-order valence-electron chi connectivity index (χ4n) is 1.53. The van der Waals surface area contributed by atoms with Crippen molar-refractivity contribution in [3.8, 4) is 5.75 Å². The highest BCUT2D eigenvalue weighted by Crippen LogP contribution is 2.42. The summed E-state index contributed by atoms with van der Waals surface area (Å²) in [5.41, 5.74) is 6.54. The van der Waals surface area contributed by atoms with Crippen LogP contribution >= 0.6 is 15.9 Å². The monoisotopic (exact) mass is 259 g/mol. The van der Waals surface area contributed by atoms with Crippen LogP contribution in [0.15, 0.2) is 16.6 Å². The molecule has 1 aliphatic carbocycles. The number of hydrogen-bond donors (Lipinski definition) is 2. The number of rotatable bonds is 2. The number of aromatic hydroxyl groups is 1. The van der Waals surface area contributed by atoms with E-state index in [-0.39, 0.29) is 11.8 Å². The Bertz CT molecular complexity index is 365. The van der Waals surface area contributed by atoms with E-state index in [0.717, 1.165) is 18.9 Å². The molecule has 0 heterocycles. The Labute approximate surface area is 90.1 Å². The summed E-state index contributed by atoms with van der Waals surface area (Å²) in [5.74, 6) is -0.0717. The Balaban J connectivity index is 2.36. The lowest BCUT2D eigenvalue weighted by atomic mass is 10.0. The summed E-state index contributed by atoms with van der Waals surface area (Å²) in [6.07, 6.45) is 2.19. The van der Waals surface area contributed by atoms with Gasteiger partial charge in [0.05, 0.1) is 4.47 Å². The number of halogens is 2. The molecule has 0 aliphatic heterocycles. The first kappa shape index (κ1) is 9.93. The molecule has 0 unspecified atom stereocenters. The first-order valence-corrected chi connectivity index (χ1v) is 5.32. The SMILES string of the molecule is N[C@H](c1cc(Br)c(F)cc1O)C1CC1. The zero-order valence-corrected chi connectivity index (χ0v) is 9.09. The van der Waals surface area contributed by atoms with E-state index in [1.165, 1.54) is 0 Å². The normalized spacial score (nSPS) is 18.2. The molecule has 4 heteroatoms. The standard InChI is InChI=1S/C10H11BrFNO/c11-7-3-6(9(14)4-8(7)12)10(13)5-1-2-5/h3-5,10,14H,1-2,13H2/t10-/m0/s1. The second kappa shape index (κ2) is 3.51. The predicted octanol–water partition coefficient (Wildman–Crippen LogP) is 2.70. The van der Waals surface area contributed by atoms with Crippen LogP contribution in [0.25, 0.3) is 0 Å². The van der Waals surface area contributed by atoms with E-state index >= 15 is 0 Å². The summed E-state index contributed by atoms with van der Waals surface area (Å²) >= 11 is 3.08. The molecule has 2 rings (SSSR count). The maximum absolute atomic E-state index is 13.0. The van der Waals surface area contributed by atoms with Gasteiger partial charge < -0.3 is 10.8 Å². The number of hydrogen-bond acceptors (Lipinski definition) is 2. The van der Waals surface area contributed by atoms with Crippen LogP contribution in [0.1, 0.15) is 24.4 Å². The minimum absolute atomic E-state index is 0.0508. The van der Waals surface area contributed by atoms with Crippen LogP contribution in [0.5, 0.6) is 5.75 Å². The van der Waals surface area contributed by atoms with Crippen molar-refractivity contribution in [3.05, 3.63) is 28.0 Å². The Kier molecular flexibility index (Phi) is 2.49. The van der Waals surface area contributed by atoms with Crippen molar-refractivity contribution in [2.75, 3.05) is 0 Å². The molecular formula is C10H11BrFNO. The third-order valence-electron chi connectivity index (χ3n) is 2.56. The number of nitrogens with two attached hydrogens (primary N) is 1. The Morgan fingerprint density at radius 2 is 2.14 bits per heavy atom. The molecule has 3 N–H and O–H groups in total. The molecule has 1 fully saturated rings. The average Bonchev–Trinajstić information content (AvgIpc) is 2.93. The van der Waals surface area contributed by atoms with Crippen LogP contribution in [-0.4, -0.2) is 5.11 Å². The smallest absolute Gasteiger partial charge is 0.141 e. The molecule has 0 spiro atoms. The molecule has 0 aromatic heterocycles. The largest absolute Gasteiger partial charge is 0.508 e. The van der Waals surface area contributed by atoms with Gasteiger partial charge in [-0.1, -0.05) is 0 Å². The Morgan fingerprint density at radius 1 is 1.50 bits per heavy atom. The molecule has 1 aromatic rings. The second-order valence-electron chi connectivity index (χ2n) is 3.69. The number of phenolic OH excluding ortho intramolecular Hbond substituents is 1. The molecule has 1 atom stereocenters. The second-order valence-corrected chi connectivity index (χ2v) is 4.54. The van der Waals surface area contributed by atoms with E-state index in [9.17, 15) is 9.50 Å². The highest BCUT2D eigenvalue weighted by Gasteiger charge is 2.31. The van der Waals surface area contributed by atoms with Crippen molar-refractivity contribution in [3.63, 3.8) is 0 Å². The highest BCUT2D eigenvalue weighted by molar-refractivity contribution is 9.10. The van der Waals surface area contributed by atoms with Gasteiger partial charge in [0.2, 0.25) is 0 Å². The topological polar surface area (TPSA) is 46.2 Å². The highest BCUT2D eigenvalue weighted by atomic mass is 79.9. The summed E-state index contributed by atoms with van der Waals surface area (Å²) in [6, 6.07) is 2.49. The Morgan fingerprint density at radius 3 is 2.71 bits per heavy atom. The third kappa shape index (κ3) is 1.77. The Hall–Kier alpha value is -0.610. The fourth-order valence-corrected chi connectivity index (χ4v) is 1.89. The molecular weight excluding hydrogens is 249 g/mol. The van der Waals surface area contributed by atoms with Crippen LogP contribution in [0, 0.1) is 11.7 Å². The summed E-state index contributed by atoms with van der Waals surface area (Å²) in [6.45, 7) is 0. The molecule has 76 valence electrons. The van der Waals surface area contributed by atoms with Gasteiger partial charge in [-0.2, -0.15) is 0 Å². The molecule has 14 heavy (non-hydrogen) atoms. The van der Waals surface area contributed by atoms with Gasteiger partial charge in [-0.3, -0.25) is 0 Å². The van der Waals surface area contributed by atoms with Gasteiger partial charge >= 0.3 is 0 Å². The fraction of sp³-hybridized carbons (Fsp3) is 0.400. The van der Waals surface area contributed by atoms with E-state index in [1.807, 2.05) is 0 Å². The van der Waals surface area contributed by atoms with E-state index < -0.39 is 5.82 Å². The van der Waals surface area contributed by atoms with Crippen molar-refractivity contribution in [2.24, 2.45) is 11.7 Å². The van der Waals surface area contributed by atoms with E-state index in [0.29, 0.717) is 16.0 Å². The van der Waals surface area contributed by atoms with Gasteiger partial charge in [-0.25, -0.2) is 4.39 Å². The summed E-state index contributed by atoms with van der Waals surface area (Å²) in [5, 5.41) is 9.52. The van der Waals surface area contributed by atoms with Gasteiger partial charge in [-0.15, -0.1) is 0 Å². The zero-order chi connectivity index (χ0) is 10.3.